The summed E-state index contributed by atoms with van der Waals surface area (Å²) in [7, 11) is 1.57. The number of nitriles is 1. The Kier molecular flexibility index (Phi) is 8.04. The Balaban J connectivity index is 2.14. The van der Waals surface area contributed by atoms with Gasteiger partial charge in [0.15, 0.2) is 16.6 Å². The molecule has 140 valence electrons. The molecule has 8 heteroatoms. The minimum absolute atomic E-state index is 0.262. The number of halogens is 1. The molecular weight excluding hydrogens is 428 g/mol. The zero-order valence-electron chi connectivity index (χ0n) is 15.0. The maximum absolute atomic E-state index is 9.18. The fraction of sp³-hybridized carbons (Fsp3) is 0.211. The summed E-state index contributed by atoms with van der Waals surface area (Å²) in [5.74, 6) is 1.12. The molecule has 0 unspecified atom stereocenters. The van der Waals surface area contributed by atoms with Crippen LogP contribution in [0.4, 0.5) is 0 Å². The molecule has 6 nitrogen and oxygen atoms in total. The number of hydrogen-bond donors (Lipinski definition) is 2. The summed E-state index contributed by atoms with van der Waals surface area (Å²) >= 11 is 8.56. The first-order chi connectivity index (χ1) is 13.1. The average Bonchev–Trinajstić information content (AvgIpc) is 2.68. The van der Waals surface area contributed by atoms with Gasteiger partial charge in [-0.3, -0.25) is 5.43 Å². The zero-order valence-corrected chi connectivity index (χ0v) is 17.4. The SMILES string of the molecule is CCNC(=S)N/N=C\c1cc(OC)c(OCc2ccccc2C#N)cc1Br. The first-order valence-electron chi connectivity index (χ1n) is 8.14. The number of methoxy groups -OCH3 is 1. The molecule has 0 bridgehead atoms. The number of nitrogens with one attached hydrogen (secondary N) is 2. The van der Waals surface area contributed by atoms with E-state index in [1.54, 1.807) is 31.5 Å². The summed E-state index contributed by atoms with van der Waals surface area (Å²) in [5.41, 5.74) is 4.93. The van der Waals surface area contributed by atoms with Gasteiger partial charge in [0.25, 0.3) is 0 Å². The number of hydrazone groups is 1. The van der Waals surface area contributed by atoms with E-state index < -0.39 is 0 Å². The van der Waals surface area contributed by atoms with E-state index in [0.717, 1.165) is 22.1 Å². The van der Waals surface area contributed by atoms with Crippen LogP contribution in [-0.4, -0.2) is 25.0 Å². The molecule has 0 saturated heterocycles. The van der Waals surface area contributed by atoms with Crippen LogP contribution in [0.5, 0.6) is 11.5 Å². The number of ether oxygens (including phenoxy) is 2. The van der Waals surface area contributed by atoms with Crippen molar-refractivity contribution in [2.75, 3.05) is 13.7 Å². The largest absolute Gasteiger partial charge is 0.493 e. The normalized spacial score (nSPS) is 10.3. The molecule has 0 atom stereocenters. The summed E-state index contributed by atoms with van der Waals surface area (Å²) in [6.07, 6.45) is 1.63. The molecule has 2 aromatic rings. The van der Waals surface area contributed by atoms with Crippen molar-refractivity contribution in [1.82, 2.24) is 10.7 Å². The quantitative estimate of drug-likeness (QED) is 0.383. The second kappa shape index (κ2) is 10.5. The highest BCUT2D eigenvalue weighted by Gasteiger charge is 2.11. The lowest BCUT2D eigenvalue weighted by molar-refractivity contribution is 0.284. The average molecular weight is 447 g/mol. The minimum Gasteiger partial charge on any atom is -0.493 e. The monoisotopic (exact) mass is 446 g/mol. The van der Waals surface area contributed by atoms with Crippen LogP contribution in [0.1, 0.15) is 23.6 Å². The Morgan fingerprint density at radius 1 is 1.33 bits per heavy atom. The molecule has 0 fully saturated rings. The Labute approximate surface area is 172 Å². The van der Waals surface area contributed by atoms with Gasteiger partial charge >= 0.3 is 0 Å². The summed E-state index contributed by atoms with van der Waals surface area (Å²) in [6.45, 7) is 2.94. The van der Waals surface area contributed by atoms with Gasteiger partial charge in [-0.05, 0) is 53.3 Å². The van der Waals surface area contributed by atoms with Crippen molar-refractivity contribution in [1.29, 1.82) is 5.26 Å². The van der Waals surface area contributed by atoms with Gasteiger partial charge in [-0.2, -0.15) is 10.4 Å². The summed E-state index contributed by atoms with van der Waals surface area (Å²) < 4.78 is 12.1. The van der Waals surface area contributed by atoms with Crippen LogP contribution >= 0.6 is 28.1 Å². The third-order valence-electron chi connectivity index (χ3n) is 3.51. The highest BCUT2D eigenvalue weighted by atomic mass is 79.9. The molecule has 0 amide bonds. The fourth-order valence-corrected chi connectivity index (χ4v) is 2.82. The Hall–Kier alpha value is -2.63. The molecule has 0 radical (unpaired) electrons. The van der Waals surface area contributed by atoms with E-state index in [1.165, 1.54) is 0 Å². The standard InChI is InChI=1S/C19H19BrN4O2S/c1-3-22-19(27)24-23-11-15-8-17(25-2)18(9-16(15)20)26-12-14-7-5-4-6-13(14)10-21/h4-9,11H,3,12H2,1-2H3,(H2,22,24,27)/b23-11-. The van der Waals surface area contributed by atoms with E-state index in [1.807, 2.05) is 25.1 Å². The highest BCUT2D eigenvalue weighted by Crippen LogP contribution is 2.33. The smallest absolute Gasteiger partial charge is 0.186 e. The van der Waals surface area contributed by atoms with Crippen LogP contribution < -0.4 is 20.2 Å². The van der Waals surface area contributed by atoms with E-state index >= 15 is 0 Å². The summed E-state index contributed by atoms with van der Waals surface area (Å²) in [4.78, 5) is 0. The van der Waals surface area contributed by atoms with Crippen molar-refractivity contribution < 1.29 is 9.47 Å². The van der Waals surface area contributed by atoms with Gasteiger partial charge < -0.3 is 14.8 Å². The lowest BCUT2D eigenvalue weighted by Gasteiger charge is -2.13. The van der Waals surface area contributed by atoms with Crippen molar-refractivity contribution in [3.05, 3.63) is 57.6 Å². The highest BCUT2D eigenvalue weighted by molar-refractivity contribution is 9.10. The maximum atomic E-state index is 9.18. The van der Waals surface area contributed by atoms with Crippen LogP contribution in [0.3, 0.4) is 0 Å². The van der Waals surface area contributed by atoms with E-state index in [0.29, 0.717) is 22.2 Å². The van der Waals surface area contributed by atoms with Gasteiger partial charge in [0.05, 0.1) is 25.0 Å². The summed E-state index contributed by atoms with van der Waals surface area (Å²) in [6, 6.07) is 13.1. The third-order valence-corrected chi connectivity index (χ3v) is 4.43. The first kappa shape index (κ1) is 20.7. The summed E-state index contributed by atoms with van der Waals surface area (Å²) in [5, 5.41) is 16.7. The molecule has 0 spiro atoms. The first-order valence-corrected chi connectivity index (χ1v) is 9.34. The van der Waals surface area contributed by atoms with Crippen molar-refractivity contribution in [3.8, 4) is 17.6 Å². The van der Waals surface area contributed by atoms with E-state index in [2.05, 4.69) is 37.8 Å². The van der Waals surface area contributed by atoms with Crippen molar-refractivity contribution in [2.24, 2.45) is 5.10 Å². The molecule has 0 aliphatic rings. The van der Waals surface area contributed by atoms with Crippen LogP contribution in [0, 0.1) is 11.3 Å². The number of thiocarbonyl (C=S) groups is 1. The Bertz CT molecular complexity index is 880. The zero-order chi connectivity index (χ0) is 19.6. The minimum atomic E-state index is 0.262. The van der Waals surface area contributed by atoms with Crippen molar-refractivity contribution in [2.45, 2.75) is 13.5 Å². The lowest BCUT2D eigenvalue weighted by atomic mass is 10.1. The van der Waals surface area contributed by atoms with Gasteiger partial charge in [-0.25, -0.2) is 0 Å². The van der Waals surface area contributed by atoms with E-state index in [9.17, 15) is 5.26 Å². The molecular formula is C19H19BrN4O2S. The number of nitrogens with zero attached hydrogens (tertiary/aromatic N) is 2. The van der Waals surface area contributed by atoms with E-state index in [-0.39, 0.29) is 6.61 Å². The van der Waals surface area contributed by atoms with Crippen LogP contribution in [0.25, 0.3) is 0 Å². The van der Waals surface area contributed by atoms with Crippen molar-refractivity contribution in [3.63, 3.8) is 0 Å². The predicted octanol–water partition coefficient (Wildman–Crippen LogP) is 3.73. The third kappa shape index (κ3) is 5.94. The number of benzene rings is 2. The Morgan fingerprint density at radius 2 is 2.11 bits per heavy atom. The molecule has 2 rings (SSSR count). The fourth-order valence-electron chi connectivity index (χ4n) is 2.19. The predicted molar refractivity (Wildman–Crippen MR) is 113 cm³/mol. The second-order valence-corrected chi connectivity index (χ2v) is 6.57. The molecule has 0 heterocycles. The van der Waals surface area contributed by atoms with Gasteiger partial charge in [0.2, 0.25) is 0 Å². The lowest BCUT2D eigenvalue weighted by Crippen LogP contribution is -2.31. The van der Waals surface area contributed by atoms with Crippen LogP contribution in [0.15, 0.2) is 46.0 Å². The van der Waals surface area contributed by atoms with Crippen molar-refractivity contribution >= 4 is 39.5 Å². The Morgan fingerprint density at radius 3 is 2.81 bits per heavy atom. The van der Waals surface area contributed by atoms with Crippen LogP contribution in [0.2, 0.25) is 0 Å². The van der Waals surface area contributed by atoms with Gasteiger partial charge in [-0.15, -0.1) is 0 Å². The van der Waals surface area contributed by atoms with Gasteiger partial charge in [-0.1, -0.05) is 18.2 Å². The van der Waals surface area contributed by atoms with Gasteiger partial charge in [0, 0.05) is 22.1 Å². The van der Waals surface area contributed by atoms with Crippen LogP contribution in [-0.2, 0) is 6.61 Å². The van der Waals surface area contributed by atoms with Gasteiger partial charge in [0.1, 0.15) is 6.61 Å². The number of rotatable bonds is 7. The molecule has 0 aliphatic carbocycles. The van der Waals surface area contributed by atoms with E-state index in [4.69, 9.17) is 21.7 Å². The molecule has 0 aliphatic heterocycles. The molecule has 0 saturated carbocycles. The second-order valence-electron chi connectivity index (χ2n) is 5.31. The topological polar surface area (TPSA) is 78.7 Å². The maximum Gasteiger partial charge on any atom is 0.186 e. The molecule has 0 aromatic heterocycles. The molecule has 2 N–H and O–H groups in total. The number of hydrogen-bond acceptors (Lipinski definition) is 5. The molecule has 2 aromatic carbocycles. The molecule has 27 heavy (non-hydrogen) atoms.